The number of hydrogen-bond acceptors (Lipinski definition) is 2. The van der Waals surface area contributed by atoms with Crippen LogP contribution in [0.25, 0.3) is 0 Å². The molecule has 0 N–H and O–H groups in total. The zero-order valence-electron chi connectivity index (χ0n) is 4.06. The molecule has 0 aromatic heterocycles. The van der Waals surface area contributed by atoms with E-state index in [1.807, 2.05) is 0 Å². The monoisotopic (exact) mass is 171 g/mol. The molecular formula is C4H5Cl2OS. The summed E-state index contributed by atoms with van der Waals surface area (Å²) >= 11 is 11.4. The van der Waals surface area contributed by atoms with Crippen LogP contribution in [0.4, 0.5) is 0 Å². The Balaban J connectivity index is 3.33. The maximum atomic E-state index is 10.4. The van der Waals surface area contributed by atoms with Crippen molar-refractivity contribution < 1.29 is 4.79 Å². The molecule has 0 fully saturated rings. The van der Waals surface area contributed by atoms with Gasteiger partial charge in [0.05, 0.1) is 0 Å². The molecule has 4 heteroatoms. The Bertz CT molecular complexity index is 84.1. The molecule has 47 valence electrons. The Morgan fingerprint density at radius 2 is 2.25 bits per heavy atom. The minimum Gasteiger partial charge on any atom is -0.284 e. The third-order valence-corrected chi connectivity index (χ3v) is 1.80. The molecule has 0 unspecified atom stereocenters. The van der Waals surface area contributed by atoms with Crippen LogP contribution in [0.15, 0.2) is 0 Å². The topological polar surface area (TPSA) is 17.1 Å². The molecule has 0 aliphatic rings. The van der Waals surface area contributed by atoms with Gasteiger partial charge in [0.25, 0.3) is 0 Å². The molecule has 0 aromatic rings. The van der Waals surface area contributed by atoms with E-state index < -0.39 is 4.84 Å². The summed E-state index contributed by atoms with van der Waals surface area (Å²) < 4.78 is 0. The van der Waals surface area contributed by atoms with Crippen LogP contribution in [-0.4, -0.2) is 15.7 Å². The van der Waals surface area contributed by atoms with Gasteiger partial charge in [-0.1, -0.05) is 35.0 Å². The zero-order valence-corrected chi connectivity index (χ0v) is 6.39. The van der Waals surface area contributed by atoms with E-state index >= 15 is 0 Å². The lowest BCUT2D eigenvalue weighted by atomic mass is 10.9. The first-order chi connectivity index (χ1) is 3.68. The first-order valence-electron chi connectivity index (χ1n) is 1.92. The van der Waals surface area contributed by atoms with Gasteiger partial charge < -0.3 is 0 Å². The Hall–Kier alpha value is 0.600. The average Bonchev–Trinajstić information content (AvgIpc) is 1.67. The van der Waals surface area contributed by atoms with Gasteiger partial charge in [0.1, 0.15) is 0 Å². The molecule has 0 saturated carbocycles. The quantitative estimate of drug-likeness (QED) is 0.591. The molecule has 0 aromatic carbocycles. The van der Waals surface area contributed by atoms with Gasteiger partial charge in [-0.2, -0.15) is 0 Å². The number of carbonyl (C=O) groups excluding carboxylic acids is 1. The van der Waals surface area contributed by atoms with E-state index in [2.05, 4.69) is 6.92 Å². The summed E-state index contributed by atoms with van der Waals surface area (Å²) in [5.41, 5.74) is 0. The van der Waals surface area contributed by atoms with Crippen molar-refractivity contribution in [3.8, 4) is 0 Å². The second-order valence-corrected chi connectivity index (χ2v) is 3.16. The largest absolute Gasteiger partial charge is 0.284 e. The highest BCUT2D eigenvalue weighted by molar-refractivity contribution is 8.14. The summed E-state index contributed by atoms with van der Waals surface area (Å²) in [7, 11) is 0. The number of alkyl halides is 2. The van der Waals surface area contributed by atoms with Crippen LogP contribution >= 0.6 is 35.0 Å². The SMILES string of the molecule is [CH2]CSC(=O)C(Cl)Cl. The fourth-order valence-electron chi connectivity index (χ4n) is 0.164. The number of rotatable bonds is 2. The molecule has 0 bridgehead atoms. The molecule has 0 aliphatic heterocycles. The van der Waals surface area contributed by atoms with Crippen molar-refractivity contribution in [1.82, 2.24) is 0 Å². The van der Waals surface area contributed by atoms with Crippen molar-refractivity contribution in [3.05, 3.63) is 6.92 Å². The van der Waals surface area contributed by atoms with Crippen LogP contribution in [0.1, 0.15) is 0 Å². The molecule has 0 rings (SSSR count). The lowest BCUT2D eigenvalue weighted by Crippen LogP contribution is -2.01. The molecule has 0 spiro atoms. The van der Waals surface area contributed by atoms with Crippen LogP contribution in [0.2, 0.25) is 0 Å². The summed E-state index contributed by atoms with van der Waals surface area (Å²) in [6.07, 6.45) is 0. The van der Waals surface area contributed by atoms with Gasteiger partial charge in [-0.05, 0) is 6.92 Å². The molecule has 0 aliphatic carbocycles. The van der Waals surface area contributed by atoms with Gasteiger partial charge >= 0.3 is 0 Å². The van der Waals surface area contributed by atoms with Crippen molar-refractivity contribution in [2.45, 2.75) is 4.84 Å². The van der Waals surface area contributed by atoms with Gasteiger partial charge in [0.2, 0.25) is 5.12 Å². The van der Waals surface area contributed by atoms with Crippen LogP contribution in [0.5, 0.6) is 0 Å². The molecular weight excluding hydrogens is 167 g/mol. The number of hydrogen-bond donors (Lipinski definition) is 0. The van der Waals surface area contributed by atoms with Crippen molar-refractivity contribution in [3.63, 3.8) is 0 Å². The Labute approximate surface area is 62.7 Å². The minimum absolute atomic E-state index is 0.233. The van der Waals surface area contributed by atoms with Gasteiger partial charge in [-0.25, -0.2) is 0 Å². The normalized spacial score (nSPS) is 10.0. The summed E-state index contributed by atoms with van der Waals surface area (Å²) in [5.74, 6) is 0.481. The van der Waals surface area contributed by atoms with E-state index in [9.17, 15) is 4.79 Å². The van der Waals surface area contributed by atoms with Crippen LogP contribution < -0.4 is 0 Å². The van der Waals surface area contributed by atoms with Gasteiger partial charge in [0, 0.05) is 5.75 Å². The molecule has 0 atom stereocenters. The third-order valence-electron chi connectivity index (χ3n) is 0.422. The highest BCUT2D eigenvalue weighted by Crippen LogP contribution is 2.12. The smallest absolute Gasteiger partial charge is 0.221 e. The number of carbonyl (C=O) groups is 1. The summed E-state index contributed by atoms with van der Waals surface area (Å²) in [5, 5.41) is -0.233. The fourth-order valence-corrected chi connectivity index (χ4v) is 0.869. The van der Waals surface area contributed by atoms with Crippen LogP contribution in [0, 0.1) is 6.92 Å². The lowest BCUT2D eigenvalue weighted by Gasteiger charge is -1.93. The standard InChI is InChI=1S/C4H5Cl2OS/c1-2-8-4(7)3(5)6/h3H,1-2H2. The fraction of sp³-hybridized carbons (Fsp3) is 0.500. The van der Waals surface area contributed by atoms with Crippen molar-refractivity contribution in [1.29, 1.82) is 0 Å². The highest BCUT2D eigenvalue weighted by atomic mass is 35.5. The maximum absolute atomic E-state index is 10.4. The summed E-state index contributed by atoms with van der Waals surface area (Å²) in [6.45, 7) is 3.43. The minimum atomic E-state index is -0.901. The van der Waals surface area contributed by atoms with Crippen LogP contribution in [-0.2, 0) is 4.79 Å². The van der Waals surface area contributed by atoms with Crippen molar-refractivity contribution in [2.24, 2.45) is 0 Å². The van der Waals surface area contributed by atoms with Crippen molar-refractivity contribution in [2.75, 3.05) is 5.75 Å². The first-order valence-corrected chi connectivity index (χ1v) is 3.78. The summed E-state index contributed by atoms with van der Waals surface area (Å²) in [6, 6.07) is 0. The Kier molecular flexibility index (Phi) is 4.81. The van der Waals surface area contributed by atoms with E-state index in [0.29, 0.717) is 5.75 Å². The third kappa shape index (κ3) is 3.58. The molecule has 1 radical (unpaired) electrons. The predicted molar refractivity (Wildman–Crippen MR) is 38.3 cm³/mol. The number of halogens is 2. The van der Waals surface area contributed by atoms with Crippen LogP contribution in [0.3, 0.4) is 0 Å². The maximum Gasteiger partial charge on any atom is 0.221 e. The zero-order chi connectivity index (χ0) is 6.57. The van der Waals surface area contributed by atoms with Gasteiger partial charge in [0.15, 0.2) is 4.84 Å². The molecule has 0 amide bonds. The lowest BCUT2D eigenvalue weighted by molar-refractivity contribution is -0.109. The van der Waals surface area contributed by atoms with E-state index in [1.54, 1.807) is 0 Å². The van der Waals surface area contributed by atoms with E-state index in [4.69, 9.17) is 23.2 Å². The molecule has 8 heavy (non-hydrogen) atoms. The molecule has 0 heterocycles. The van der Waals surface area contributed by atoms with E-state index in [0.717, 1.165) is 11.8 Å². The molecule has 0 saturated heterocycles. The van der Waals surface area contributed by atoms with Crippen molar-refractivity contribution >= 4 is 40.1 Å². The Morgan fingerprint density at radius 1 is 1.75 bits per heavy atom. The Morgan fingerprint density at radius 3 is 2.38 bits per heavy atom. The average molecular weight is 172 g/mol. The molecule has 1 nitrogen and oxygen atoms in total. The second kappa shape index (κ2) is 4.48. The predicted octanol–water partition coefficient (Wildman–Crippen LogP) is 1.88. The summed E-state index contributed by atoms with van der Waals surface area (Å²) in [4.78, 5) is 9.50. The van der Waals surface area contributed by atoms with Gasteiger partial charge in [-0.3, -0.25) is 4.79 Å². The van der Waals surface area contributed by atoms with E-state index in [-0.39, 0.29) is 5.12 Å². The second-order valence-electron chi connectivity index (χ2n) is 0.968. The highest BCUT2D eigenvalue weighted by Gasteiger charge is 2.09. The van der Waals surface area contributed by atoms with Gasteiger partial charge in [-0.15, -0.1) is 0 Å². The van der Waals surface area contributed by atoms with E-state index in [1.165, 1.54) is 0 Å². The first kappa shape index (κ1) is 8.60. The number of thioether (sulfide) groups is 1.